The summed E-state index contributed by atoms with van der Waals surface area (Å²) in [6, 6.07) is 63.7. The maximum atomic E-state index is 2.41. The van der Waals surface area contributed by atoms with Crippen LogP contribution < -0.4 is 0 Å². The predicted molar refractivity (Wildman–Crippen MR) is 217 cm³/mol. The Bertz CT molecular complexity index is 2910. The van der Waals surface area contributed by atoms with Crippen molar-refractivity contribution < 1.29 is 0 Å². The summed E-state index contributed by atoms with van der Waals surface area (Å²) in [6.45, 7) is 4.70. The van der Waals surface area contributed by atoms with Gasteiger partial charge in [-0.3, -0.25) is 0 Å². The highest BCUT2D eigenvalue weighted by molar-refractivity contribution is 6.18. The molecule has 0 nitrogen and oxygen atoms in total. The van der Waals surface area contributed by atoms with Gasteiger partial charge in [-0.25, -0.2) is 0 Å². The summed E-state index contributed by atoms with van der Waals surface area (Å²) in [4.78, 5) is 0. The molecular formula is C51H34. The third-order valence-electron chi connectivity index (χ3n) is 11.8. The van der Waals surface area contributed by atoms with Crippen LogP contribution in [-0.2, 0) is 5.41 Å². The van der Waals surface area contributed by atoms with Crippen LogP contribution >= 0.6 is 0 Å². The standard InChI is InChI=1S/C51H34/c1-51(2)48-13-6-5-10-43(48)44-23-22-38(30-49(44)51)36-18-16-32-26-31(14-15-34(32)28-36)33-17-19-37-29-39(21-20-35(37)27-33)40-24-25-47-42-9-4-3-8-41(42)46-12-7-11-45(40)50(46)47/h3-30H,1-2H3. The minimum Gasteiger partial charge on any atom is -0.0619 e. The lowest BCUT2D eigenvalue weighted by molar-refractivity contribution is 0.660. The zero-order chi connectivity index (χ0) is 33.8. The molecule has 0 heteroatoms. The largest absolute Gasteiger partial charge is 0.0619 e. The quantitative estimate of drug-likeness (QED) is 0.179. The molecule has 0 radical (unpaired) electrons. The van der Waals surface area contributed by atoms with Gasteiger partial charge < -0.3 is 0 Å². The molecule has 51 heavy (non-hydrogen) atoms. The van der Waals surface area contributed by atoms with Crippen molar-refractivity contribution in [2.75, 3.05) is 0 Å². The van der Waals surface area contributed by atoms with Gasteiger partial charge in [0.15, 0.2) is 0 Å². The van der Waals surface area contributed by atoms with Gasteiger partial charge in [0.05, 0.1) is 0 Å². The van der Waals surface area contributed by atoms with E-state index in [-0.39, 0.29) is 5.41 Å². The molecule has 2 aliphatic carbocycles. The highest BCUT2D eigenvalue weighted by Gasteiger charge is 2.35. The first-order valence-corrected chi connectivity index (χ1v) is 18.0. The van der Waals surface area contributed by atoms with Crippen molar-refractivity contribution in [3.8, 4) is 66.8 Å². The topological polar surface area (TPSA) is 0 Å². The number of hydrogen-bond donors (Lipinski definition) is 0. The van der Waals surface area contributed by atoms with Crippen LogP contribution in [0.4, 0.5) is 0 Å². The number of benzene rings is 9. The molecule has 0 saturated carbocycles. The minimum atomic E-state index is -0.00116. The third kappa shape index (κ3) is 4.14. The molecule has 0 spiro atoms. The smallest absolute Gasteiger partial charge is 0.0159 e. The molecule has 0 aliphatic heterocycles. The Hall–Kier alpha value is -6.24. The van der Waals surface area contributed by atoms with Gasteiger partial charge in [0.25, 0.3) is 0 Å². The molecule has 2 aliphatic rings. The first kappa shape index (κ1) is 28.6. The van der Waals surface area contributed by atoms with E-state index < -0.39 is 0 Å². The molecule has 0 atom stereocenters. The SMILES string of the molecule is CC1(C)c2ccccc2-c2ccc(-c3ccc4cc(-c5ccc6cc(-c7ccc8c9c(cccc79)-c7ccccc7-8)ccc6c5)ccc4c3)cc21. The van der Waals surface area contributed by atoms with Gasteiger partial charge in [-0.2, -0.15) is 0 Å². The Kier molecular flexibility index (Phi) is 5.82. The molecule has 0 unspecified atom stereocenters. The van der Waals surface area contributed by atoms with Crippen LogP contribution in [0.25, 0.3) is 99.1 Å². The Balaban J connectivity index is 0.917. The van der Waals surface area contributed by atoms with Crippen LogP contribution in [0.5, 0.6) is 0 Å². The zero-order valence-corrected chi connectivity index (χ0v) is 28.7. The highest BCUT2D eigenvalue weighted by atomic mass is 14.4. The fourth-order valence-electron chi connectivity index (χ4n) is 9.14. The molecule has 0 N–H and O–H groups in total. The van der Waals surface area contributed by atoms with E-state index in [1.807, 2.05) is 0 Å². The highest BCUT2D eigenvalue weighted by Crippen LogP contribution is 2.51. The Morgan fingerprint density at radius 1 is 0.294 bits per heavy atom. The van der Waals surface area contributed by atoms with E-state index in [0.717, 1.165) is 0 Å². The molecule has 0 amide bonds. The van der Waals surface area contributed by atoms with E-state index in [0.29, 0.717) is 0 Å². The van der Waals surface area contributed by atoms with Crippen LogP contribution in [-0.4, -0.2) is 0 Å². The lowest BCUT2D eigenvalue weighted by Crippen LogP contribution is -2.14. The van der Waals surface area contributed by atoms with Crippen molar-refractivity contribution >= 4 is 32.3 Å². The second-order valence-corrected chi connectivity index (χ2v) is 14.9. The van der Waals surface area contributed by atoms with Gasteiger partial charge in [0.2, 0.25) is 0 Å². The summed E-state index contributed by atoms with van der Waals surface area (Å²) < 4.78 is 0. The average Bonchev–Trinajstić information content (AvgIpc) is 3.63. The monoisotopic (exact) mass is 646 g/mol. The molecule has 238 valence electrons. The van der Waals surface area contributed by atoms with E-state index in [2.05, 4.69) is 184 Å². The van der Waals surface area contributed by atoms with Gasteiger partial charge >= 0.3 is 0 Å². The third-order valence-corrected chi connectivity index (χ3v) is 11.8. The number of fused-ring (bicyclic) bond motifs is 8. The van der Waals surface area contributed by atoms with Crippen molar-refractivity contribution in [2.24, 2.45) is 0 Å². The van der Waals surface area contributed by atoms with Crippen molar-refractivity contribution in [1.29, 1.82) is 0 Å². The van der Waals surface area contributed by atoms with Gasteiger partial charge in [-0.1, -0.05) is 153 Å². The zero-order valence-electron chi connectivity index (χ0n) is 28.7. The molecule has 11 rings (SSSR count). The number of hydrogen-bond acceptors (Lipinski definition) is 0. The maximum Gasteiger partial charge on any atom is 0.0159 e. The molecule has 0 bridgehead atoms. The lowest BCUT2D eigenvalue weighted by atomic mass is 9.81. The molecule has 9 aromatic rings. The number of rotatable bonds is 3. The second-order valence-electron chi connectivity index (χ2n) is 14.9. The fourth-order valence-corrected chi connectivity index (χ4v) is 9.14. The van der Waals surface area contributed by atoms with Crippen LogP contribution in [0.3, 0.4) is 0 Å². The summed E-state index contributed by atoms with van der Waals surface area (Å²) in [5.74, 6) is 0. The normalized spacial score (nSPS) is 13.5. The molecule has 9 aromatic carbocycles. The van der Waals surface area contributed by atoms with Crippen LogP contribution in [0.2, 0.25) is 0 Å². The molecule has 0 saturated heterocycles. The van der Waals surface area contributed by atoms with Gasteiger partial charge in [0.1, 0.15) is 0 Å². The van der Waals surface area contributed by atoms with E-state index >= 15 is 0 Å². The Morgan fingerprint density at radius 2 is 0.725 bits per heavy atom. The maximum absolute atomic E-state index is 2.41. The van der Waals surface area contributed by atoms with Crippen LogP contribution in [0.15, 0.2) is 170 Å². The Labute approximate surface area is 298 Å². The van der Waals surface area contributed by atoms with Gasteiger partial charge in [-0.15, -0.1) is 0 Å². The molecule has 0 heterocycles. The predicted octanol–water partition coefficient (Wildman–Crippen LogP) is 14.1. The second kappa shape index (κ2) is 10.4. The molecular weight excluding hydrogens is 613 g/mol. The Morgan fingerprint density at radius 3 is 1.37 bits per heavy atom. The molecule has 0 fully saturated rings. The molecule has 0 aromatic heterocycles. The van der Waals surface area contributed by atoms with E-state index in [1.54, 1.807) is 0 Å². The van der Waals surface area contributed by atoms with Crippen molar-refractivity contribution in [3.05, 3.63) is 181 Å². The first-order valence-electron chi connectivity index (χ1n) is 18.0. The van der Waals surface area contributed by atoms with E-state index in [9.17, 15) is 0 Å². The van der Waals surface area contributed by atoms with Gasteiger partial charge in [-0.05, 0) is 141 Å². The van der Waals surface area contributed by atoms with Gasteiger partial charge in [0, 0.05) is 5.41 Å². The summed E-state index contributed by atoms with van der Waals surface area (Å²) in [5.41, 5.74) is 18.5. The fraction of sp³-hybridized carbons (Fsp3) is 0.0588. The van der Waals surface area contributed by atoms with Crippen molar-refractivity contribution in [1.82, 2.24) is 0 Å². The van der Waals surface area contributed by atoms with E-state index in [4.69, 9.17) is 0 Å². The van der Waals surface area contributed by atoms with Crippen LogP contribution in [0.1, 0.15) is 25.0 Å². The minimum absolute atomic E-state index is 0.00116. The summed E-state index contributed by atoms with van der Waals surface area (Å²) in [7, 11) is 0. The van der Waals surface area contributed by atoms with Crippen molar-refractivity contribution in [3.63, 3.8) is 0 Å². The summed E-state index contributed by atoms with van der Waals surface area (Å²) in [5, 5.41) is 7.73. The van der Waals surface area contributed by atoms with Crippen LogP contribution in [0, 0.1) is 0 Å². The first-order chi connectivity index (χ1) is 25.0. The average molecular weight is 647 g/mol. The summed E-state index contributed by atoms with van der Waals surface area (Å²) >= 11 is 0. The summed E-state index contributed by atoms with van der Waals surface area (Å²) in [6.07, 6.45) is 0. The van der Waals surface area contributed by atoms with E-state index in [1.165, 1.54) is 110 Å². The lowest BCUT2D eigenvalue weighted by Gasteiger charge is -2.22. The van der Waals surface area contributed by atoms with Crippen molar-refractivity contribution in [2.45, 2.75) is 19.3 Å².